The molecule has 0 saturated heterocycles. The molecule has 0 radical (unpaired) electrons. The third-order valence-corrected chi connectivity index (χ3v) is 14.4. The molecule has 12 aromatic carbocycles. The minimum atomic E-state index is 1.08. The smallest absolute Gasteiger partial charge is 0.0463 e. The van der Waals surface area contributed by atoms with Crippen LogP contribution in [-0.4, -0.2) is 0 Å². The van der Waals surface area contributed by atoms with Crippen LogP contribution in [-0.2, 0) is 0 Å². The van der Waals surface area contributed by atoms with Gasteiger partial charge in [-0.05, 0) is 205 Å². The van der Waals surface area contributed by atoms with Crippen molar-refractivity contribution in [3.05, 3.63) is 327 Å². The van der Waals surface area contributed by atoms with Crippen LogP contribution in [0.15, 0.2) is 315 Å². The van der Waals surface area contributed by atoms with Crippen molar-refractivity contribution in [3.8, 4) is 33.4 Å². The summed E-state index contributed by atoms with van der Waals surface area (Å²) in [7, 11) is 0. The number of rotatable bonds is 15. The Labute approximate surface area is 459 Å². The lowest BCUT2D eigenvalue weighted by atomic mass is 9.96. The van der Waals surface area contributed by atoms with E-state index in [1.807, 2.05) is 0 Å². The van der Waals surface area contributed by atoms with Crippen molar-refractivity contribution in [2.45, 2.75) is 13.8 Å². The molecule has 0 fully saturated rings. The average Bonchev–Trinajstić information content (AvgIpc) is 3.55. The zero-order chi connectivity index (χ0) is 52.6. The van der Waals surface area contributed by atoms with Crippen molar-refractivity contribution in [1.82, 2.24) is 0 Å². The molecule has 0 saturated carbocycles. The quantitative estimate of drug-likeness (QED) is 0.101. The van der Waals surface area contributed by atoms with Gasteiger partial charge in [0.05, 0.1) is 0 Å². The van der Waals surface area contributed by atoms with E-state index in [0.717, 1.165) is 79.4 Å². The average molecular weight is 1000 g/mol. The lowest BCUT2D eigenvalue weighted by molar-refractivity contribution is 1.25. The largest absolute Gasteiger partial charge is 0.311 e. The molecule has 12 aromatic rings. The van der Waals surface area contributed by atoms with Gasteiger partial charge in [-0.15, -0.1) is 0 Å². The second-order valence-corrected chi connectivity index (χ2v) is 19.6. The number of benzene rings is 12. The van der Waals surface area contributed by atoms with E-state index >= 15 is 0 Å². The first-order valence-corrected chi connectivity index (χ1v) is 26.6. The Morgan fingerprint density at radius 2 is 0.333 bits per heavy atom. The summed E-state index contributed by atoms with van der Waals surface area (Å²) in [6.07, 6.45) is 0. The summed E-state index contributed by atoms with van der Waals surface area (Å²) in [5.41, 5.74) is 22.6. The summed E-state index contributed by atoms with van der Waals surface area (Å²) in [4.78, 5) is 9.26. The number of anilines is 12. The lowest BCUT2D eigenvalue weighted by Gasteiger charge is -2.28. The van der Waals surface area contributed by atoms with Crippen molar-refractivity contribution in [2.24, 2.45) is 0 Å². The highest BCUT2D eigenvalue weighted by molar-refractivity contribution is 5.85. The Morgan fingerprint density at radius 3 is 0.564 bits per heavy atom. The zero-order valence-electron chi connectivity index (χ0n) is 43.8. The summed E-state index contributed by atoms with van der Waals surface area (Å²) in [6, 6.07) is 113. The maximum atomic E-state index is 2.32. The molecule has 4 nitrogen and oxygen atoms in total. The normalized spacial score (nSPS) is 10.9. The van der Waals surface area contributed by atoms with Crippen LogP contribution in [0.1, 0.15) is 11.1 Å². The number of hydrogen-bond donors (Lipinski definition) is 0. The highest BCUT2D eigenvalue weighted by Gasteiger charge is 2.19. The first-order valence-electron chi connectivity index (χ1n) is 26.6. The molecule has 0 bridgehead atoms. The van der Waals surface area contributed by atoms with Crippen LogP contribution < -0.4 is 19.6 Å². The zero-order valence-corrected chi connectivity index (χ0v) is 43.8. The van der Waals surface area contributed by atoms with Crippen LogP contribution in [0.3, 0.4) is 0 Å². The van der Waals surface area contributed by atoms with E-state index in [2.05, 4.69) is 349 Å². The van der Waals surface area contributed by atoms with Gasteiger partial charge in [-0.3, -0.25) is 0 Å². The fraction of sp³-hybridized carbons (Fsp3) is 0.0270. The van der Waals surface area contributed by atoms with Gasteiger partial charge in [-0.1, -0.05) is 169 Å². The second kappa shape index (κ2) is 22.4. The molecule has 0 atom stereocenters. The van der Waals surface area contributed by atoms with Crippen LogP contribution in [0.4, 0.5) is 68.2 Å². The van der Waals surface area contributed by atoms with Gasteiger partial charge >= 0.3 is 0 Å². The van der Waals surface area contributed by atoms with Gasteiger partial charge in [0, 0.05) is 68.2 Å². The molecular formula is C74H58N4. The van der Waals surface area contributed by atoms with Crippen molar-refractivity contribution in [3.63, 3.8) is 0 Å². The van der Waals surface area contributed by atoms with E-state index in [1.165, 1.54) is 33.4 Å². The van der Waals surface area contributed by atoms with Gasteiger partial charge in [-0.25, -0.2) is 0 Å². The Balaban J connectivity index is 0.792. The number of hydrogen-bond acceptors (Lipinski definition) is 4. The summed E-state index contributed by atoms with van der Waals surface area (Å²) < 4.78 is 0. The highest BCUT2D eigenvalue weighted by Crippen LogP contribution is 2.42. The number of nitrogens with zero attached hydrogens (tertiary/aromatic N) is 4. The van der Waals surface area contributed by atoms with Crippen LogP contribution in [0.2, 0.25) is 0 Å². The predicted octanol–water partition coefficient (Wildman–Crippen LogP) is 21.2. The Hall–Kier alpha value is -10.2. The molecular weight excluding hydrogens is 945 g/mol. The van der Waals surface area contributed by atoms with Gasteiger partial charge in [-0.2, -0.15) is 0 Å². The molecule has 0 aliphatic carbocycles. The standard InChI is InChI=1S/C74H58N4/c1-55-29-37-67(38-30-55)75(63-21-7-3-8-22-63)71-45-49-73(50-46-71)77(65-25-11-5-12-26-65)69-41-33-57(34-42-69)59-17-15-19-61(53-59)62-20-16-18-60(54-62)58-35-43-70(44-36-58)78(66-27-13-6-14-28-66)74-51-47-72(48-52-74)76(64-23-9-4-10-24-64)68-39-31-56(2)32-40-68/h3-54H,1-2H3. The fourth-order valence-electron chi connectivity index (χ4n) is 10.3. The molecule has 0 amide bonds. The summed E-state index contributed by atoms with van der Waals surface area (Å²) >= 11 is 0. The van der Waals surface area contributed by atoms with Gasteiger partial charge < -0.3 is 19.6 Å². The van der Waals surface area contributed by atoms with Gasteiger partial charge in [0.1, 0.15) is 0 Å². The van der Waals surface area contributed by atoms with Gasteiger partial charge in [0.15, 0.2) is 0 Å². The van der Waals surface area contributed by atoms with Crippen LogP contribution in [0.25, 0.3) is 33.4 Å². The monoisotopic (exact) mass is 1000 g/mol. The van der Waals surface area contributed by atoms with Gasteiger partial charge in [0.25, 0.3) is 0 Å². The summed E-state index contributed by atoms with van der Waals surface area (Å²) in [6.45, 7) is 4.25. The van der Waals surface area contributed by atoms with Gasteiger partial charge in [0.2, 0.25) is 0 Å². The number of aryl methyl sites for hydroxylation is 2. The molecule has 0 spiro atoms. The summed E-state index contributed by atoms with van der Waals surface area (Å²) in [5.74, 6) is 0. The number of para-hydroxylation sites is 4. The van der Waals surface area contributed by atoms with Crippen molar-refractivity contribution in [2.75, 3.05) is 19.6 Å². The van der Waals surface area contributed by atoms with Crippen LogP contribution in [0, 0.1) is 13.8 Å². The molecule has 0 aliphatic rings. The van der Waals surface area contributed by atoms with E-state index < -0.39 is 0 Å². The van der Waals surface area contributed by atoms with E-state index in [9.17, 15) is 0 Å². The van der Waals surface area contributed by atoms with E-state index in [4.69, 9.17) is 0 Å². The SMILES string of the molecule is Cc1ccc(N(c2ccccc2)c2ccc(N(c3ccccc3)c3ccc(-c4cccc(-c5cccc(-c6ccc(N(c7ccccc7)c7ccc(N(c8ccccc8)c8ccc(C)cc8)cc7)cc6)c5)c4)cc3)cc2)cc1. The summed E-state index contributed by atoms with van der Waals surface area (Å²) in [5, 5.41) is 0. The third kappa shape index (κ3) is 10.6. The van der Waals surface area contributed by atoms with Crippen LogP contribution >= 0.6 is 0 Å². The highest BCUT2D eigenvalue weighted by atomic mass is 15.2. The Kier molecular flexibility index (Phi) is 14.0. The van der Waals surface area contributed by atoms with Crippen molar-refractivity contribution in [1.29, 1.82) is 0 Å². The first kappa shape index (κ1) is 48.8. The molecule has 374 valence electrons. The Morgan fingerprint density at radius 1 is 0.154 bits per heavy atom. The van der Waals surface area contributed by atoms with Crippen molar-refractivity contribution < 1.29 is 0 Å². The van der Waals surface area contributed by atoms with E-state index in [0.29, 0.717) is 0 Å². The molecule has 78 heavy (non-hydrogen) atoms. The topological polar surface area (TPSA) is 13.0 Å². The predicted molar refractivity (Wildman–Crippen MR) is 331 cm³/mol. The Bertz CT molecular complexity index is 3610. The minimum absolute atomic E-state index is 1.08. The van der Waals surface area contributed by atoms with Crippen molar-refractivity contribution >= 4 is 68.2 Å². The molecule has 12 rings (SSSR count). The minimum Gasteiger partial charge on any atom is -0.311 e. The molecule has 0 N–H and O–H groups in total. The third-order valence-electron chi connectivity index (χ3n) is 14.4. The van der Waals surface area contributed by atoms with Crippen LogP contribution in [0.5, 0.6) is 0 Å². The lowest BCUT2D eigenvalue weighted by Crippen LogP contribution is -2.12. The molecule has 0 aliphatic heterocycles. The molecule has 0 unspecified atom stereocenters. The van der Waals surface area contributed by atoms with E-state index in [-0.39, 0.29) is 0 Å². The molecule has 0 heterocycles. The molecule has 4 heteroatoms. The van der Waals surface area contributed by atoms with E-state index in [1.54, 1.807) is 0 Å². The molecule has 0 aromatic heterocycles. The maximum Gasteiger partial charge on any atom is 0.0463 e. The first-order chi connectivity index (χ1) is 38.5. The fourth-order valence-corrected chi connectivity index (χ4v) is 10.3. The second-order valence-electron chi connectivity index (χ2n) is 19.6. The maximum absolute atomic E-state index is 2.32.